The van der Waals surface area contributed by atoms with Crippen LogP contribution in [0.3, 0.4) is 0 Å². The molecule has 0 aliphatic carbocycles. The Morgan fingerprint density at radius 3 is 2.33 bits per heavy atom. The Labute approximate surface area is 72.7 Å². The summed E-state index contributed by atoms with van der Waals surface area (Å²) < 4.78 is 0. The molecule has 0 aromatic heterocycles. The van der Waals surface area contributed by atoms with E-state index in [0.717, 1.165) is 5.56 Å². The van der Waals surface area contributed by atoms with E-state index in [0.29, 0.717) is 0 Å². The van der Waals surface area contributed by atoms with Gasteiger partial charge in [0.25, 0.3) is 0 Å². The van der Waals surface area contributed by atoms with Gasteiger partial charge in [-0.3, -0.25) is 4.79 Å². The molecule has 0 N–H and O–H groups in total. The van der Waals surface area contributed by atoms with Crippen LogP contribution in [0.4, 0.5) is 0 Å². The van der Waals surface area contributed by atoms with Crippen molar-refractivity contribution in [3.8, 4) is 0 Å². The van der Waals surface area contributed by atoms with Gasteiger partial charge in [0.1, 0.15) is 0 Å². The first-order valence-corrected chi connectivity index (χ1v) is 3.97. The number of carbonyl (C=O) groups excluding carboxylic acids is 1. The van der Waals surface area contributed by atoms with E-state index in [1.165, 1.54) is 5.56 Å². The minimum absolute atomic E-state index is 0.0671. The highest BCUT2D eigenvalue weighted by atomic mass is 16.1. The monoisotopic (exact) mass is 160 g/mol. The Morgan fingerprint density at radius 1 is 1.25 bits per heavy atom. The number of rotatable bonds is 2. The van der Waals surface area contributed by atoms with Gasteiger partial charge in [0.15, 0.2) is 5.78 Å². The Hall–Kier alpha value is -1.37. The molecule has 0 bridgehead atoms. The second-order valence-electron chi connectivity index (χ2n) is 2.73. The van der Waals surface area contributed by atoms with Gasteiger partial charge in [0, 0.05) is 5.56 Å². The Kier molecular flexibility index (Phi) is 2.81. The summed E-state index contributed by atoms with van der Waals surface area (Å²) >= 11 is 0. The first kappa shape index (κ1) is 8.72. The van der Waals surface area contributed by atoms with Gasteiger partial charge in [-0.05, 0) is 19.9 Å². The van der Waals surface area contributed by atoms with Gasteiger partial charge in [-0.1, -0.05) is 35.9 Å². The van der Waals surface area contributed by atoms with Crippen LogP contribution >= 0.6 is 0 Å². The van der Waals surface area contributed by atoms with Gasteiger partial charge in [-0.15, -0.1) is 0 Å². The van der Waals surface area contributed by atoms with Crippen molar-refractivity contribution in [2.24, 2.45) is 0 Å². The molecule has 0 heterocycles. The molecular weight excluding hydrogens is 148 g/mol. The summed E-state index contributed by atoms with van der Waals surface area (Å²) in [7, 11) is 0. The Balaban J connectivity index is 2.90. The van der Waals surface area contributed by atoms with E-state index in [9.17, 15) is 4.79 Å². The lowest BCUT2D eigenvalue weighted by molar-refractivity contribution is 0.104. The van der Waals surface area contributed by atoms with Crippen molar-refractivity contribution in [2.45, 2.75) is 13.8 Å². The van der Waals surface area contributed by atoms with Crippen molar-refractivity contribution in [3.63, 3.8) is 0 Å². The Bertz CT molecular complexity index is 293. The van der Waals surface area contributed by atoms with Gasteiger partial charge in [0.05, 0.1) is 0 Å². The fourth-order valence-electron chi connectivity index (χ4n) is 0.965. The van der Waals surface area contributed by atoms with Crippen LogP contribution in [-0.4, -0.2) is 5.78 Å². The van der Waals surface area contributed by atoms with E-state index >= 15 is 0 Å². The minimum atomic E-state index is 0.0671. The summed E-state index contributed by atoms with van der Waals surface area (Å²) in [5, 5.41) is 0. The number of hydrogen-bond donors (Lipinski definition) is 0. The highest BCUT2D eigenvalue weighted by molar-refractivity contribution is 6.04. The molecule has 1 rings (SSSR count). The first-order chi connectivity index (χ1) is 5.74. The maximum Gasteiger partial charge on any atom is 0.185 e. The quantitative estimate of drug-likeness (QED) is 0.480. The fraction of sp³-hybridized carbons (Fsp3) is 0.182. The molecule has 1 aromatic rings. The third-order valence-electron chi connectivity index (χ3n) is 1.65. The highest BCUT2D eigenvalue weighted by Crippen LogP contribution is 2.04. The maximum absolute atomic E-state index is 11.3. The van der Waals surface area contributed by atoms with Crippen molar-refractivity contribution in [2.75, 3.05) is 0 Å². The van der Waals surface area contributed by atoms with Crippen molar-refractivity contribution >= 4 is 5.78 Å². The van der Waals surface area contributed by atoms with Gasteiger partial charge in [-0.2, -0.15) is 0 Å². The van der Waals surface area contributed by atoms with Crippen molar-refractivity contribution in [1.82, 2.24) is 0 Å². The zero-order chi connectivity index (χ0) is 8.97. The van der Waals surface area contributed by atoms with Crippen LogP contribution < -0.4 is 0 Å². The number of aryl methyl sites for hydroxylation is 1. The summed E-state index contributed by atoms with van der Waals surface area (Å²) in [4.78, 5) is 11.3. The average molecular weight is 160 g/mol. The third kappa shape index (κ3) is 2.06. The number of benzene rings is 1. The zero-order valence-electron chi connectivity index (χ0n) is 7.37. The van der Waals surface area contributed by atoms with Crippen LogP contribution in [0.5, 0.6) is 0 Å². The number of allylic oxidation sites excluding steroid dienone is 2. The molecule has 0 atom stereocenters. The van der Waals surface area contributed by atoms with E-state index in [4.69, 9.17) is 0 Å². The standard InChI is InChI=1S/C11H12O/c1-3-4-11(12)10-7-5-9(2)6-8-10/h3-8H,1-2H3/b4-3-. The summed E-state index contributed by atoms with van der Waals surface area (Å²) in [5.41, 5.74) is 1.92. The first-order valence-electron chi connectivity index (χ1n) is 3.97. The van der Waals surface area contributed by atoms with Crippen LogP contribution in [0, 0.1) is 6.92 Å². The van der Waals surface area contributed by atoms with E-state index in [1.807, 2.05) is 38.1 Å². The topological polar surface area (TPSA) is 17.1 Å². The lowest BCUT2D eigenvalue weighted by Crippen LogP contribution is -1.92. The van der Waals surface area contributed by atoms with Crippen LogP contribution in [0.25, 0.3) is 0 Å². The summed E-state index contributed by atoms with van der Waals surface area (Å²) in [6.07, 6.45) is 3.33. The molecule has 1 nitrogen and oxygen atoms in total. The molecule has 62 valence electrons. The van der Waals surface area contributed by atoms with Crippen LogP contribution in [-0.2, 0) is 0 Å². The van der Waals surface area contributed by atoms with Crippen LogP contribution in [0.15, 0.2) is 36.4 Å². The third-order valence-corrected chi connectivity index (χ3v) is 1.65. The summed E-state index contributed by atoms with van der Waals surface area (Å²) in [5.74, 6) is 0.0671. The van der Waals surface area contributed by atoms with Gasteiger partial charge >= 0.3 is 0 Å². The predicted octanol–water partition coefficient (Wildman–Crippen LogP) is 2.75. The van der Waals surface area contributed by atoms with Crippen LogP contribution in [0.2, 0.25) is 0 Å². The normalized spacial score (nSPS) is 10.5. The molecule has 0 radical (unpaired) electrons. The molecule has 0 saturated carbocycles. The minimum Gasteiger partial charge on any atom is -0.289 e. The van der Waals surface area contributed by atoms with Gasteiger partial charge < -0.3 is 0 Å². The van der Waals surface area contributed by atoms with Crippen molar-refractivity contribution in [3.05, 3.63) is 47.5 Å². The summed E-state index contributed by atoms with van der Waals surface area (Å²) in [6, 6.07) is 7.57. The molecule has 12 heavy (non-hydrogen) atoms. The smallest absolute Gasteiger partial charge is 0.185 e. The molecule has 1 heteroatoms. The number of hydrogen-bond acceptors (Lipinski definition) is 1. The SMILES string of the molecule is C/C=C\C(=O)c1ccc(C)cc1. The van der Waals surface area contributed by atoms with E-state index in [2.05, 4.69) is 0 Å². The highest BCUT2D eigenvalue weighted by Gasteiger charge is 1.98. The van der Waals surface area contributed by atoms with Crippen molar-refractivity contribution < 1.29 is 4.79 Å². The van der Waals surface area contributed by atoms with E-state index in [-0.39, 0.29) is 5.78 Å². The molecule has 0 spiro atoms. The predicted molar refractivity (Wildman–Crippen MR) is 50.3 cm³/mol. The fourth-order valence-corrected chi connectivity index (χ4v) is 0.965. The average Bonchev–Trinajstić information content (AvgIpc) is 2.06. The number of ketones is 1. The molecule has 0 amide bonds. The molecule has 0 fully saturated rings. The lowest BCUT2D eigenvalue weighted by Gasteiger charge is -1.95. The molecule has 0 aliphatic rings. The lowest BCUT2D eigenvalue weighted by atomic mass is 10.1. The molecule has 0 saturated heterocycles. The molecular formula is C11H12O. The van der Waals surface area contributed by atoms with Crippen molar-refractivity contribution in [1.29, 1.82) is 0 Å². The Morgan fingerprint density at radius 2 is 1.83 bits per heavy atom. The second-order valence-corrected chi connectivity index (χ2v) is 2.73. The van der Waals surface area contributed by atoms with E-state index < -0.39 is 0 Å². The molecule has 1 aromatic carbocycles. The van der Waals surface area contributed by atoms with Gasteiger partial charge in [0.2, 0.25) is 0 Å². The van der Waals surface area contributed by atoms with Gasteiger partial charge in [-0.25, -0.2) is 0 Å². The van der Waals surface area contributed by atoms with E-state index in [1.54, 1.807) is 12.2 Å². The summed E-state index contributed by atoms with van der Waals surface area (Å²) in [6.45, 7) is 3.84. The number of carbonyl (C=O) groups is 1. The maximum atomic E-state index is 11.3. The molecule has 0 unspecified atom stereocenters. The van der Waals surface area contributed by atoms with Crippen LogP contribution in [0.1, 0.15) is 22.8 Å². The zero-order valence-corrected chi connectivity index (χ0v) is 7.37. The largest absolute Gasteiger partial charge is 0.289 e. The second kappa shape index (κ2) is 3.86. The molecule has 0 aliphatic heterocycles.